The van der Waals surface area contributed by atoms with Gasteiger partial charge in [0.05, 0.1) is 6.61 Å². The minimum absolute atomic E-state index is 0.00540. The van der Waals surface area contributed by atoms with Gasteiger partial charge < -0.3 is 14.6 Å². The number of ketones is 1. The van der Waals surface area contributed by atoms with E-state index in [1.165, 1.54) is 6.92 Å². The quantitative estimate of drug-likeness (QED) is 0.811. The van der Waals surface area contributed by atoms with Crippen LogP contribution in [0.15, 0.2) is 35.6 Å². The number of rotatable bonds is 3. The first-order valence-electron chi connectivity index (χ1n) is 8.57. The third-order valence-electron chi connectivity index (χ3n) is 4.91. The largest absolute Gasteiger partial charge is 0.466 e. The number of carbonyl (C=O) groups excluding carboxylic acids is 2. The zero-order valence-electron chi connectivity index (χ0n) is 14.8. The smallest absolute Gasteiger partial charge is 0.456 e. The molecule has 3 unspecified atom stereocenters. The maximum absolute atomic E-state index is 13.8. The Morgan fingerprint density at radius 3 is 2.48 bits per heavy atom. The van der Waals surface area contributed by atoms with Gasteiger partial charge in [0.2, 0.25) is 0 Å². The van der Waals surface area contributed by atoms with Crippen molar-refractivity contribution in [3.8, 4) is 0 Å². The molecule has 0 amide bonds. The molecule has 0 radical (unpaired) electrons. The second-order valence-corrected chi connectivity index (χ2v) is 6.67. The van der Waals surface area contributed by atoms with Crippen LogP contribution in [0.2, 0.25) is 0 Å². The molecule has 1 aromatic carbocycles. The molecule has 8 heteroatoms. The topological polar surface area (TPSA) is 72.8 Å². The van der Waals surface area contributed by atoms with Crippen LogP contribution in [0.25, 0.3) is 0 Å². The van der Waals surface area contributed by atoms with Crippen molar-refractivity contribution in [2.45, 2.75) is 44.6 Å². The van der Waals surface area contributed by atoms with Crippen molar-refractivity contribution in [1.29, 1.82) is 0 Å². The molecule has 0 saturated carbocycles. The zero-order chi connectivity index (χ0) is 20.0. The van der Waals surface area contributed by atoms with Crippen molar-refractivity contribution in [3.63, 3.8) is 0 Å². The molecule has 1 aliphatic carbocycles. The summed E-state index contributed by atoms with van der Waals surface area (Å²) in [5.74, 6) is -9.12. The number of aliphatic hydroxyl groups is 1. The highest BCUT2D eigenvalue weighted by Gasteiger charge is 2.70. The Bertz CT molecular complexity index is 797. The molecule has 1 aromatic rings. The van der Waals surface area contributed by atoms with Crippen LogP contribution in [-0.4, -0.2) is 35.4 Å². The summed E-state index contributed by atoms with van der Waals surface area (Å²) in [7, 11) is 0. The summed E-state index contributed by atoms with van der Waals surface area (Å²) < 4.78 is 51.1. The molecule has 27 heavy (non-hydrogen) atoms. The van der Waals surface area contributed by atoms with Gasteiger partial charge in [0.15, 0.2) is 5.78 Å². The van der Waals surface area contributed by atoms with E-state index in [9.17, 15) is 27.9 Å². The molecule has 0 spiro atoms. The molecule has 5 nitrogen and oxygen atoms in total. The Balaban J connectivity index is 2.24. The zero-order valence-corrected chi connectivity index (χ0v) is 14.8. The predicted molar refractivity (Wildman–Crippen MR) is 87.4 cm³/mol. The SMILES string of the molecule is CCOC(=O)C1C(c2ccc(C)cc2)C2=C(CCC2=O)OC1(O)C(F)(F)F. The van der Waals surface area contributed by atoms with Crippen LogP contribution in [0, 0.1) is 12.8 Å². The first-order valence-corrected chi connectivity index (χ1v) is 8.57. The van der Waals surface area contributed by atoms with Crippen molar-refractivity contribution in [1.82, 2.24) is 0 Å². The van der Waals surface area contributed by atoms with Crippen LogP contribution in [0.1, 0.15) is 36.8 Å². The summed E-state index contributed by atoms with van der Waals surface area (Å²) in [6.45, 7) is 3.07. The van der Waals surface area contributed by atoms with Gasteiger partial charge >= 0.3 is 17.9 Å². The highest BCUT2D eigenvalue weighted by atomic mass is 19.4. The van der Waals surface area contributed by atoms with Crippen LogP contribution in [0.4, 0.5) is 13.2 Å². The van der Waals surface area contributed by atoms with E-state index in [0.717, 1.165) is 5.56 Å². The number of ether oxygens (including phenoxy) is 2. The van der Waals surface area contributed by atoms with Gasteiger partial charge in [-0.1, -0.05) is 29.8 Å². The van der Waals surface area contributed by atoms with Gasteiger partial charge in [0.25, 0.3) is 0 Å². The van der Waals surface area contributed by atoms with Crippen molar-refractivity contribution in [2.24, 2.45) is 5.92 Å². The Hall–Kier alpha value is -2.35. The molecule has 0 saturated heterocycles. The normalized spacial score (nSPS) is 28.0. The lowest BCUT2D eigenvalue weighted by molar-refractivity contribution is -0.377. The number of halogens is 3. The Kier molecular flexibility index (Phi) is 4.80. The Morgan fingerprint density at radius 1 is 1.30 bits per heavy atom. The first-order chi connectivity index (χ1) is 12.6. The maximum Gasteiger partial charge on any atom is 0.456 e. The fraction of sp³-hybridized carbons (Fsp3) is 0.474. The number of hydrogen-bond donors (Lipinski definition) is 1. The van der Waals surface area contributed by atoms with E-state index in [2.05, 4.69) is 0 Å². The lowest BCUT2D eigenvalue weighted by atomic mass is 9.73. The molecule has 0 bridgehead atoms. The number of alkyl halides is 3. The number of hydrogen-bond acceptors (Lipinski definition) is 5. The lowest BCUT2D eigenvalue weighted by Gasteiger charge is -2.43. The molecule has 0 aromatic heterocycles. The molecule has 1 aliphatic heterocycles. The lowest BCUT2D eigenvalue weighted by Crippen LogP contribution is -2.60. The molecular weight excluding hydrogens is 365 g/mol. The number of aryl methyl sites for hydroxylation is 1. The van der Waals surface area contributed by atoms with Crippen LogP contribution < -0.4 is 0 Å². The molecule has 146 valence electrons. The number of benzene rings is 1. The maximum atomic E-state index is 13.8. The van der Waals surface area contributed by atoms with Gasteiger partial charge in [-0.2, -0.15) is 13.2 Å². The minimum atomic E-state index is -5.27. The van der Waals surface area contributed by atoms with E-state index in [1.54, 1.807) is 31.2 Å². The van der Waals surface area contributed by atoms with Crippen molar-refractivity contribution in [2.75, 3.05) is 6.61 Å². The Labute approximate surface area is 153 Å². The van der Waals surface area contributed by atoms with Gasteiger partial charge in [-0.15, -0.1) is 0 Å². The molecule has 2 aliphatic rings. The average Bonchev–Trinajstić information content (AvgIpc) is 2.94. The van der Waals surface area contributed by atoms with Gasteiger partial charge in [-0.25, -0.2) is 0 Å². The fourth-order valence-corrected chi connectivity index (χ4v) is 3.64. The van der Waals surface area contributed by atoms with E-state index >= 15 is 0 Å². The summed E-state index contributed by atoms with van der Waals surface area (Å²) in [6, 6.07) is 6.42. The summed E-state index contributed by atoms with van der Waals surface area (Å²) in [4.78, 5) is 24.9. The van der Waals surface area contributed by atoms with Gasteiger partial charge in [-0.3, -0.25) is 9.59 Å². The standard InChI is InChI=1S/C19H19F3O5/c1-3-26-17(24)16-14(11-6-4-10(2)5-7-11)15-12(23)8-9-13(15)27-18(16,25)19(20,21)22/h4-7,14,16,25H,3,8-9H2,1-2H3. The van der Waals surface area contributed by atoms with Crippen LogP contribution in [0.5, 0.6) is 0 Å². The van der Waals surface area contributed by atoms with E-state index < -0.39 is 35.6 Å². The van der Waals surface area contributed by atoms with E-state index in [0.29, 0.717) is 5.56 Å². The average molecular weight is 384 g/mol. The monoisotopic (exact) mass is 384 g/mol. The molecule has 3 rings (SSSR count). The summed E-state index contributed by atoms with van der Waals surface area (Å²) >= 11 is 0. The summed E-state index contributed by atoms with van der Waals surface area (Å²) in [6.07, 6.45) is -5.35. The molecule has 0 fully saturated rings. The van der Waals surface area contributed by atoms with Crippen molar-refractivity contribution >= 4 is 11.8 Å². The number of esters is 1. The second kappa shape index (κ2) is 6.67. The molecule has 3 atom stereocenters. The fourth-order valence-electron chi connectivity index (χ4n) is 3.64. The molecule has 1 N–H and O–H groups in total. The third-order valence-corrected chi connectivity index (χ3v) is 4.91. The van der Waals surface area contributed by atoms with Crippen molar-refractivity contribution in [3.05, 3.63) is 46.7 Å². The Morgan fingerprint density at radius 2 is 1.93 bits per heavy atom. The van der Waals surface area contributed by atoms with Crippen LogP contribution >= 0.6 is 0 Å². The van der Waals surface area contributed by atoms with E-state index in [-0.39, 0.29) is 30.8 Å². The first kappa shape index (κ1) is 19.4. The second-order valence-electron chi connectivity index (χ2n) is 6.67. The number of Topliss-reactive ketones (excluding diaryl/α,β-unsaturated/α-hetero) is 1. The minimum Gasteiger partial charge on any atom is -0.466 e. The number of carbonyl (C=O) groups is 2. The van der Waals surface area contributed by atoms with E-state index in [1.807, 2.05) is 0 Å². The highest BCUT2D eigenvalue weighted by Crippen LogP contribution is 2.54. The van der Waals surface area contributed by atoms with E-state index in [4.69, 9.17) is 9.47 Å². The van der Waals surface area contributed by atoms with Crippen LogP contribution in [0.3, 0.4) is 0 Å². The van der Waals surface area contributed by atoms with Gasteiger partial charge in [-0.05, 0) is 19.4 Å². The van der Waals surface area contributed by atoms with Gasteiger partial charge in [0, 0.05) is 24.3 Å². The van der Waals surface area contributed by atoms with Crippen molar-refractivity contribution < 1.29 is 37.3 Å². The molecule has 1 heterocycles. The predicted octanol–water partition coefficient (Wildman–Crippen LogP) is 3.16. The number of allylic oxidation sites excluding steroid dienone is 2. The third kappa shape index (κ3) is 3.12. The van der Waals surface area contributed by atoms with Gasteiger partial charge in [0.1, 0.15) is 11.7 Å². The summed E-state index contributed by atoms with van der Waals surface area (Å²) in [5, 5.41) is 10.5. The summed E-state index contributed by atoms with van der Waals surface area (Å²) in [5.41, 5.74) is 1.18. The molecular formula is C19H19F3O5. The van der Waals surface area contributed by atoms with Crippen LogP contribution in [-0.2, 0) is 19.1 Å². The highest BCUT2D eigenvalue weighted by molar-refractivity contribution is 6.01.